The lowest BCUT2D eigenvalue weighted by Gasteiger charge is -2.05. The molecule has 0 radical (unpaired) electrons. The first-order valence-corrected chi connectivity index (χ1v) is 5.20. The van der Waals surface area contributed by atoms with Crippen LogP contribution in [-0.4, -0.2) is 5.25 Å². The lowest BCUT2D eigenvalue weighted by atomic mass is 10.2. The molecule has 1 rings (SSSR count). The Hall–Kier alpha value is -0.570. The van der Waals surface area contributed by atoms with Gasteiger partial charge in [-0.2, -0.15) is 11.8 Å². The minimum Gasteiger partial charge on any atom is -0.207 e. The number of rotatable bonds is 3. The first-order chi connectivity index (χ1) is 6.09. The molecule has 0 N–H and O–H groups in total. The Morgan fingerprint density at radius 1 is 1.31 bits per heavy atom. The third kappa shape index (κ3) is 3.35. The Balaban J connectivity index is 2.70. The molecule has 0 nitrogen and oxygen atoms in total. The summed E-state index contributed by atoms with van der Waals surface area (Å²) in [5, 5.41) is 0.433. The molecule has 3 heteroatoms. The number of benzene rings is 1. The van der Waals surface area contributed by atoms with Gasteiger partial charge in [-0.1, -0.05) is 13.8 Å². The topological polar surface area (TPSA) is 0 Å². The zero-order valence-corrected chi connectivity index (χ0v) is 8.50. The van der Waals surface area contributed by atoms with Gasteiger partial charge >= 0.3 is 0 Å². The molecule has 0 aliphatic carbocycles. The molecule has 0 bridgehead atoms. The van der Waals surface area contributed by atoms with Crippen molar-refractivity contribution in [3.63, 3.8) is 0 Å². The Morgan fingerprint density at radius 3 is 2.62 bits per heavy atom. The predicted octanol–water partition coefficient (Wildman–Crippen LogP) is 3.61. The van der Waals surface area contributed by atoms with Crippen LogP contribution in [0, 0.1) is 11.6 Å². The average Bonchev–Trinajstić information content (AvgIpc) is 2.06. The van der Waals surface area contributed by atoms with Crippen molar-refractivity contribution in [3.05, 3.63) is 35.4 Å². The summed E-state index contributed by atoms with van der Waals surface area (Å²) in [6.07, 6.45) is 0. The van der Waals surface area contributed by atoms with Crippen LogP contribution in [0.25, 0.3) is 0 Å². The Bertz CT molecular complexity index is 284. The number of hydrogen-bond donors (Lipinski definition) is 0. The van der Waals surface area contributed by atoms with E-state index in [0.717, 1.165) is 6.07 Å². The highest BCUT2D eigenvalue weighted by molar-refractivity contribution is 7.99. The zero-order valence-electron chi connectivity index (χ0n) is 7.68. The largest absolute Gasteiger partial charge is 0.207 e. The van der Waals surface area contributed by atoms with Crippen LogP contribution >= 0.6 is 11.8 Å². The smallest absolute Gasteiger partial charge is 0.127 e. The molecule has 0 saturated carbocycles. The number of halogens is 2. The summed E-state index contributed by atoms with van der Waals surface area (Å²) in [5.41, 5.74) is 0.443. The summed E-state index contributed by atoms with van der Waals surface area (Å²) >= 11 is 1.60. The molecule has 0 unspecified atom stereocenters. The lowest BCUT2D eigenvalue weighted by Crippen LogP contribution is -1.93. The highest BCUT2D eigenvalue weighted by Crippen LogP contribution is 2.19. The maximum atomic E-state index is 13.0. The van der Waals surface area contributed by atoms with Crippen LogP contribution in [0.1, 0.15) is 19.4 Å². The molecule has 0 aliphatic rings. The van der Waals surface area contributed by atoms with Gasteiger partial charge in [0.1, 0.15) is 11.6 Å². The molecule has 0 spiro atoms. The van der Waals surface area contributed by atoms with E-state index in [4.69, 9.17) is 0 Å². The van der Waals surface area contributed by atoms with Gasteiger partial charge in [0.25, 0.3) is 0 Å². The summed E-state index contributed by atoms with van der Waals surface area (Å²) in [6, 6.07) is 3.56. The monoisotopic (exact) mass is 202 g/mol. The van der Waals surface area contributed by atoms with E-state index in [-0.39, 0.29) is 11.6 Å². The molecule has 0 fully saturated rings. The summed E-state index contributed by atoms with van der Waals surface area (Å²) in [6.45, 7) is 4.06. The molecule has 0 aromatic heterocycles. The van der Waals surface area contributed by atoms with Crippen LogP contribution in [0.2, 0.25) is 0 Å². The van der Waals surface area contributed by atoms with Gasteiger partial charge in [-0.25, -0.2) is 8.78 Å². The maximum absolute atomic E-state index is 13.0. The molecule has 0 atom stereocenters. The lowest BCUT2D eigenvalue weighted by molar-refractivity contribution is 0.591. The second-order valence-corrected chi connectivity index (χ2v) is 4.66. The van der Waals surface area contributed by atoms with Crippen LogP contribution in [0.5, 0.6) is 0 Å². The number of thioether (sulfide) groups is 1. The van der Waals surface area contributed by atoms with Crippen LogP contribution < -0.4 is 0 Å². The minimum atomic E-state index is -0.374. The van der Waals surface area contributed by atoms with Gasteiger partial charge in [-0.05, 0) is 23.4 Å². The highest BCUT2D eigenvalue weighted by Gasteiger charge is 2.04. The van der Waals surface area contributed by atoms with Gasteiger partial charge in [0.2, 0.25) is 0 Å². The maximum Gasteiger partial charge on any atom is 0.127 e. The first kappa shape index (κ1) is 10.5. The molecule has 13 heavy (non-hydrogen) atoms. The van der Waals surface area contributed by atoms with Gasteiger partial charge in [-0.15, -0.1) is 0 Å². The van der Waals surface area contributed by atoms with E-state index in [1.54, 1.807) is 11.8 Å². The molecule has 0 saturated heterocycles. The predicted molar refractivity (Wildman–Crippen MR) is 52.8 cm³/mol. The van der Waals surface area contributed by atoms with E-state index >= 15 is 0 Å². The van der Waals surface area contributed by atoms with E-state index in [2.05, 4.69) is 0 Å². The van der Waals surface area contributed by atoms with Crippen LogP contribution in [0.4, 0.5) is 8.78 Å². The van der Waals surface area contributed by atoms with Crippen LogP contribution in [0.15, 0.2) is 18.2 Å². The Morgan fingerprint density at radius 2 is 2.00 bits per heavy atom. The zero-order chi connectivity index (χ0) is 9.84. The molecule has 1 aromatic carbocycles. The fourth-order valence-corrected chi connectivity index (χ4v) is 1.64. The van der Waals surface area contributed by atoms with E-state index in [0.29, 0.717) is 16.6 Å². The molecule has 0 amide bonds. The third-order valence-corrected chi connectivity index (χ3v) is 2.72. The van der Waals surface area contributed by atoms with Crippen molar-refractivity contribution >= 4 is 11.8 Å². The van der Waals surface area contributed by atoms with Crippen LogP contribution in [-0.2, 0) is 5.75 Å². The van der Waals surface area contributed by atoms with Crippen molar-refractivity contribution in [2.75, 3.05) is 0 Å². The van der Waals surface area contributed by atoms with E-state index in [1.807, 2.05) is 13.8 Å². The molecule has 0 heterocycles. The quantitative estimate of drug-likeness (QED) is 0.721. The van der Waals surface area contributed by atoms with Crippen molar-refractivity contribution in [1.29, 1.82) is 0 Å². The third-order valence-electron chi connectivity index (χ3n) is 1.58. The SMILES string of the molecule is CC(C)SCc1cc(F)ccc1F. The van der Waals surface area contributed by atoms with Gasteiger partial charge in [0.15, 0.2) is 0 Å². The Labute approximate surface area is 81.3 Å². The average molecular weight is 202 g/mol. The fraction of sp³-hybridized carbons (Fsp3) is 0.400. The molecule has 0 aliphatic heterocycles. The van der Waals surface area contributed by atoms with Crippen molar-refractivity contribution in [1.82, 2.24) is 0 Å². The van der Waals surface area contributed by atoms with Crippen LogP contribution in [0.3, 0.4) is 0 Å². The van der Waals surface area contributed by atoms with Crippen molar-refractivity contribution in [3.8, 4) is 0 Å². The summed E-state index contributed by atoms with van der Waals surface area (Å²) < 4.78 is 25.7. The first-order valence-electron chi connectivity index (χ1n) is 4.15. The minimum absolute atomic E-state index is 0.324. The van der Waals surface area contributed by atoms with Crippen molar-refractivity contribution in [2.24, 2.45) is 0 Å². The van der Waals surface area contributed by atoms with E-state index in [1.165, 1.54) is 12.1 Å². The highest BCUT2D eigenvalue weighted by atomic mass is 32.2. The second-order valence-electron chi connectivity index (χ2n) is 3.10. The van der Waals surface area contributed by atoms with E-state index < -0.39 is 0 Å². The second kappa shape index (κ2) is 4.61. The standard InChI is InChI=1S/C10H12F2S/c1-7(2)13-6-8-5-9(11)3-4-10(8)12/h3-5,7H,6H2,1-2H3. The van der Waals surface area contributed by atoms with Crippen molar-refractivity contribution in [2.45, 2.75) is 24.9 Å². The molecular formula is C10H12F2S. The molecule has 72 valence electrons. The summed E-state index contributed by atoms with van der Waals surface area (Å²) in [4.78, 5) is 0. The van der Waals surface area contributed by atoms with Crippen molar-refractivity contribution < 1.29 is 8.78 Å². The Kier molecular flexibility index (Phi) is 3.72. The van der Waals surface area contributed by atoms with Gasteiger partial charge in [-0.3, -0.25) is 0 Å². The molecular weight excluding hydrogens is 190 g/mol. The normalized spacial score (nSPS) is 10.8. The number of hydrogen-bond acceptors (Lipinski definition) is 1. The fourth-order valence-electron chi connectivity index (χ4n) is 0.910. The van der Waals surface area contributed by atoms with Gasteiger partial charge in [0.05, 0.1) is 0 Å². The molecule has 1 aromatic rings. The van der Waals surface area contributed by atoms with Gasteiger partial charge < -0.3 is 0 Å². The summed E-state index contributed by atoms with van der Waals surface area (Å²) in [7, 11) is 0. The van der Waals surface area contributed by atoms with Gasteiger partial charge in [0, 0.05) is 11.3 Å². The summed E-state index contributed by atoms with van der Waals surface area (Å²) in [5.74, 6) is -0.170. The van der Waals surface area contributed by atoms with E-state index in [9.17, 15) is 8.78 Å².